The summed E-state index contributed by atoms with van der Waals surface area (Å²) in [5.74, 6) is 3.31. The Labute approximate surface area is 199 Å². The molecule has 3 heterocycles. The van der Waals surface area contributed by atoms with Crippen LogP contribution in [-0.4, -0.2) is 84.8 Å². The lowest BCUT2D eigenvalue weighted by Crippen LogP contribution is -2.48. The summed E-state index contributed by atoms with van der Waals surface area (Å²) in [4.78, 5) is 33.3. The molecule has 0 radical (unpaired) electrons. The summed E-state index contributed by atoms with van der Waals surface area (Å²) in [6.07, 6.45) is 2.52. The number of rotatable bonds is 7. The van der Waals surface area contributed by atoms with Crippen molar-refractivity contribution >= 4 is 11.8 Å². The van der Waals surface area contributed by atoms with Gasteiger partial charge >= 0.3 is 11.7 Å². The Bertz CT molecular complexity index is 1090. The molecular weight excluding hydrogens is 434 g/mol. The van der Waals surface area contributed by atoms with Gasteiger partial charge in [0.15, 0.2) is 0 Å². The van der Waals surface area contributed by atoms with Gasteiger partial charge in [0.2, 0.25) is 0 Å². The van der Waals surface area contributed by atoms with Gasteiger partial charge < -0.3 is 25.6 Å². The molecule has 10 heteroatoms. The van der Waals surface area contributed by atoms with Gasteiger partial charge in [0, 0.05) is 58.1 Å². The number of hydrogen-bond donors (Lipinski definition) is 3. The maximum Gasteiger partial charge on any atom is 0.354 e. The van der Waals surface area contributed by atoms with E-state index in [1.54, 1.807) is 24.3 Å². The van der Waals surface area contributed by atoms with Crippen LogP contribution in [-0.2, 0) is 6.42 Å². The largest absolute Gasteiger partial charge is 0.496 e. The van der Waals surface area contributed by atoms with Gasteiger partial charge in [0.1, 0.15) is 11.6 Å². The molecule has 3 atom stereocenters. The summed E-state index contributed by atoms with van der Waals surface area (Å²) in [6, 6.07) is 7.18. The van der Waals surface area contributed by atoms with Crippen LogP contribution in [0.3, 0.4) is 0 Å². The summed E-state index contributed by atoms with van der Waals surface area (Å²) < 4.78 is 7.08. The highest BCUT2D eigenvalue weighted by atomic mass is 16.5. The van der Waals surface area contributed by atoms with Gasteiger partial charge in [-0.25, -0.2) is 9.59 Å². The van der Waals surface area contributed by atoms with E-state index < -0.39 is 5.69 Å². The number of hydrogen-bond acceptors (Lipinski definition) is 7. The van der Waals surface area contributed by atoms with Crippen LogP contribution in [0.25, 0.3) is 5.69 Å². The molecule has 3 aliphatic rings. The Morgan fingerprint density at radius 2 is 2.00 bits per heavy atom. The van der Waals surface area contributed by atoms with E-state index in [2.05, 4.69) is 20.5 Å². The van der Waals surface area contributed by atoms with Crippen LogP contribution in [0.1, 0.15) is 5.56 Å². The SMILES string of the molecule is COc1cc(-n2ccc(NC(=O)N3CCNCC3)nc2=O)ccc1CCN1C[C@@H]2C(CN)[C@@H]2C1. The fraction of sp³-hybridized carbons (Fsp3) is 0.542. The van der Waals surface area contributed by atoms with Crippen LogP contribution in [0.2, 0.25) is 0 Å². The molecule has 0 bridgehead atoms. The number of methoxy groups -OCH3 is 1. The first kappa shape index (κ1) is 22.8. The van der Waals surface area contributed by atoms with E-state index in [-0.39, 0.29) is 11.8 Å². The van der Waals surface area contributed by atoms with E-state index in [4.69, 9.17) is 10.5 Å². The molecule has 4 N–H and O–H groups in total. The lowest BCUT2D eigenvalue weighted by molar-refractivity contribution is 0.204. The summed E-state index contributed by atoms with van der Waals surface area (Å²) in [5.41, 5.74) is 7.15. The molecule has 3 fully saturated rings. The number of urea groups is 1. The highest BCUT2D eigenvalue weighted by molar-refractivity contribution is 5.88. The van der Waals surface area contributed by atoms with Crippen LogP contribution in [0.15, 0.2) is 35.3 Å². The quantitative estimate of drug-likeness (QED) is 0.538. The lowest BCUT2D eigenvalue weighted by Gasteiger charge is -2.27. The second-order valence-electron chi connectivity index (χ2n) is 9.37. The molecule has 2 saturated heterocycles. The second-order valence-corrected chi connectivity index (χ2v) is 9.37. The third-order valence-electron chi connectivity index (χ3n) is 7.41. The first-order valence-corrected chi connectivity index (χ1v) is 12.0. The van der Waals surface area contributed by atoms with Gasteiger partial charge in [-0.05, 0) is 48.4 Å². The highest BCUT2D eigenvalue weighted by Gasteiger charge is 2.54. The molecule has 2 aromatic rings. The average Bonchev–Trinajstić information content (AvgIpc) is 3.34. The number of nitrogens with two attached hydrogens (primary N) is 1. The van der Waals surface area contributed by atoms with Crippen molar-refractivity contribution in [2.24, 2.45) is 23.5 Å². The number of fused-ring (bicyclic) bond motifs is 1. The molecule has 10 nitrogen and oxygen atoms in total. The maximum absolute atomic E-state index is 12.7. The van der Waals surface area contributed by atoms with Crippen molar-refractivity contribution in [2.45, 2.75) is 6.42 Å². The van der Waals surface area contributed by atoms with E-state index in [9.17, 15) is 9.59 Å². The highest BCUT2D eigenvalue weighted by Crippen LogP contribution is 2.50. The van der Waals surface area contributed by atoms with Crippen molar-refractivity contribution in [1.82, 2.24) is 24.7 Å². The third-order valence-corrected chi connectivity index (χ3v) is 7.41. The van der Waals surface area contributed by atoms with Crippen molar-refractivity contribution in [2.75, 3.05) is 64.8 Å². The lowest BCUT2D eigenvalue weighted by atomic mass is 10.1. The maximum atomic E-state index is 12.7. The van der Waals surface area contributed by atoms with Gasteiger partial charge in [-0.2, -0.15) is 4.98 Å². The van der Waals surface area contributed by atoms with Crippen molar-refractivity contribution in [3.63, 3.8) is 0 Å². The van der Waals surface area contributed by atoms with E-state index in [0.29, 0.717) is 18.8 Å². The van der Waals surface area contributed by atoms with Crippen molar-refractivity contribution < 1.29 is 9.53 Å². The number of nitrogens with one attached hydrogen (secondary N) is 2. The first-order chi connectivity index (χ1) is 16.6. The molecule has 2 amide bonds. The van der Waals surface area contributed by atoms with Crippen LogP contribution >= 0.6 is 0 Å². The Morgan fingerprint density at radius 3 is 2.68 bits per heavy atom. The minimum atomic E-state index is -0.460. The van der Waals surface area contributed by atoms with Crippen molar-refractivity contribution in [1.29, 1.82) is 0 Å². The van der Waals surface area contributed by atoms with Crippen LogP contribution < -0.4 is 26.8 Å². The predicted octanol–water partition coefficient (Wildman–Crippen LogP) is 0.357. The number of aromatic nitrogens is 2. The number of amides is 2. The number of ether oxygens (including phenoxy) is 1. The fourth-order valence-electron chi connectivity index (χ4n) is 5.36. The topological polar surface area (TPSA) is 118 Å². The van der Waals surface area contributed by atoms with Crippen molar-refractivity contribution in [3.05, 3.63) is 46.5 Å². The van der Waals surface area contributed by atoms with Crippen LogP contribution in [0.4, 0.5) is 10.6 Å². The number of likely N-dealkylation sites (tertiary alicyclic amines) is 1. The monoisotopic (exact) mass is 467 g/mol. The minimum absolute atomic E-state index is 0.244. The molecular formula is C24H33N7O3. The van der Waals surface area contributed by atoms with E-state index in [1.165, 1.54) is 4.57 Å². The zero-order chi connectivity index (χ0) is 23.7. The number of piperidine rings is 1. The Morgan fingerprint density at radius 1 is 1.24 bits per heavy atom. The predicted molar refractivity (Wildman–Crippen MR) is 130 cm³/mol. The third kappa shape index (κ3) is 4.66. The number of carbonyl (C=O) groups excluding carboxylic acids is 1. The summed E-state index contributed by atoms with van der Waals surface area (Å²) in [6.45, 7) is 6.86. The van der Waals surface area contributed by atoms with E-state index >= 15 is 0 Å². The van der Waals surface area contributed by atoms with E-state index in [0.717, 1.165) is 74.8 Å². The van der Waals surface area contributed by atoms with Gasteiger partial charge in [-0.1, -0.05) is 6.07 Å². The number of carbonyl (C=O) groups is 1. The number of anilines is 1. The molecule has 1 aromatic carbocycles. The minimum Gasteiger partial charge on any atom is -0.496 e. The van der Waals surface area contributed by atoms with Crippen LogP contribution in [0, 0.1) is 17.8 Å². The summed E-state index contributed by atoms with van der Waals surface area (Å²) in [7, 11) is 1.65. The number of benzene rings is 1. The van der Waals surface area contributed by atoms with Crippen molar-refractivity contribution in [3.8, 4) is 11.4 Å². The average molecular weight is 468 g/mol. The second kappa shape index (κ2) is 9.73. The molecule has 34 heavy (non-hydrogen) atoms. The standard InChI is InChI=1S/C24H33N7O3/c1-34-21-12-17(3-2-16(21)4-8-29-14-19-18(13-25)20(19)15-29)31-9-5-22(28-24(31)33)27-23(32)30-10-6-26-7-11-30/h2-3,5,9,12,18-20,26H,4,6-8,10-11,13-15,25H2,1H3,(H,27,28,32,33)/t18?,19-,20+. The molecule has 1 saturated carbocycles. The first-order valence-electron chi connectivity index (χ1n) is 12.0. The van der Waals surface area contributed by atoms with Gasteiger partial charge in [0.05, 0.1) is 12.8 Å². The molecule has 1 unspecified atom stereocenters. The molecule has 2 aliphatic heterocycles. The van der Waals surface area contributed by atoms with Gasteiger partial charge in [-0.3, -0.25) is 9.88 Å². The molecule has 182 valence electrons. The Balaban J connectivity index is 1.22. The summed E-state index contributed by atoms with van der Waals surface area (Å²) in [5, 5.41) is 5.92. The summed E-state index contributed by atoms with van der Waals surface area (Å²) >= 11 is 0. The van der Waals surface area contributed by atoms with Crippen LogP contribution in [0.5, 0.6) is 5.75 Å². The molecule has 5 rings (SSSR count). The smallest absolute Gasteiger partial charge is 0.354 e. The Hall–Kier alpha value is -2.95. The van der Waals surface area contributed by atoms with Gasteiger partial charge in [-0.15, -0.1) is 0 Å². The van der Waals surface area contributed by atoms with E-state index in [1.807, 2.05) is 18.2 Å². The Kier molecular flexibility index (Phi) is 6.53. The number of piperazine rings is 1. The fourth-order valence-corrected chi connectivity index (χ4v) is 5.36. The normalized spacial score (nSPS) is 24.1. The number of nitrogens with zero attached hydrogens (tertiary/aromatic N) is 4. The molecule has 1 aliphatic carbocycles. The zero-order valence-electron chi connectivity index (χ0n) is 19.6. The van der Waals surface area contributed by atoms with Gasteiger partial charge in [0.25, 0.3) is 0 Å². The molecule has 1 aromatic heterocycles. The zero-order valence-corrected chi connectivity index (χ0v) is 19.6. The molecule has 0 spiro atoms.